The van der Waals surface area contributed by atoms with E-state index in [4.69, 9.17) is 0 Å². The summed E-state index contributed by atoms with van der Waals surface area (Å²) in [5, 5.41) is 9.57. The van der Waals surface area contributed by atoms with Crippen molar-refractivity contribution in [1.82, 2.24) is 9.80 Å². The van der Waals surface area contributed by atoms with E-state index in [1.165, 1.54) is 14.1 Å². The third-order valence-corrected chi connectivity index (χ3v) is 3.47. The lowest BCUT2D eigenvalue weighted by atomic mass is 9.85. The number of amides is 4. The van der Waals surface area contributed by atoms with Crippen LogP contribution in [0.3, 0.4) is 0 Å². The van der Waals surface area contributed by atoms with Crippen molar-refractivity contribution in [2.75, 3.05) is 14.1 Å². The van der Waals surface area contributed by atoms with Crippen molar-refractivity contribution in [2.45, 2.75) is 25.4 Å². The highest BCUT2D eigenvalue weighted by atomic mass is 16.3. The standard InChI is InChI=1S/C12H16N2O4/c1-13-10(16)9(11(17)14(2)12(13)18)7-4-3-5-8(15)6-7/h6,8-9,15H,3-5H2,1-2H3. The van der Waals surface area contributed by atoms with Crippen molar-refractivity contribution in [3.63, 3.8) is 0 Å². The summed E-state index contributed by atoms with van der Waals surface area (Å²) in [6, 6.07) is -0.613. The zero-order chi connectivity index (χ0) is 13.4. The van der Waals surface area contributed by atoms with Crippen LogP contribution >= 0.6 is 0 Å². The van der Waals surface area contributed by atoms with E-state index < -0.39 is 29.9 Å². The Kier molecular flexibility index (Phi) is 3.21. The number of aliphatic hydroxyl groups is 1. The molecule has 0 aromatic carbocycles. The maximum atomic E-state index is 12.0. The molecule has 0 spiro atoms. The van der Waals surface area contributed by atoms with Crippen LogP contribution in [-0.4, -0.2) is 53.0 Å². The molecule has 1 atom stereocenters. The van der Waals surface area contributed by atoms with Crippen molar-refractivity contribution in [3.05, 3.63) is 11.6 Å². The third kappa shape index (κ3) is 1.92. The Labute approximate surface area is 105 Å². The van der Waals surface area contributed by atoms with Gasteiger partial charge in [0.1, 0.15) is 5.92 Å². The van der Waals surface area contributed by atoms with E-state index >= 15 is 0 Å². The number of aliphatic hydroxyl groups excluding tert-OH is 1. The molecule has 18 heavy (non-hydrogen) atoms. The Morgan fingerprint density at radius 3 is 2.22 bits per heavy atom. The third-order valence-electron chi connectivity index (χ3n) is 3.47. The van der Waals surface area contributed by atoms with E-state index in [1.807, 2.05) is 0 Å². The van der Waals surface area contributed by atoms with Crippen LogP contribution in [0.15, 0.2) is 11.6 Å². The van der Waals surface area contributed by atoms with Gasteiger partial charge in [-0.1, -0.05) is 6.08 Å². The lowest BCUT2D eigenvalue weighted by molar-refractivity contribution is -0.145. The minimum Gasteiger partial charge on any atom is -0.389 e. The van der Waals surface area contributed by atoms with Gasteiger partial charge in [-0.3, -0.25) is 19.4 Å². The predicted octanol–water partition coefficient (Wildman–Crippen LogP) is 0.124. The quantitative estimate of drug-likeness (QED) is 0.531. The summed E-state index contributed by atoms with van der Waals surface area (Å²) < 4.78 is 0. The Bertz CT molecular complexity index is 419. The zero-order valence-electron chi connectivity index (χ0n) is 10.4. The highest BCUT2D eigenvalue weighted by molar-refractivity contribution is 6.17. The molecule has 6 nitrogen and oxygen atoms in total. The number of carbonyl (C=O) groups excluding carboxylic acids is 3. The number of rotatable bonds is 1. The van der Waals surface area contributed by atoms with Crippen molar-refractivity contribution in [1.29, 1.82) is 0 Å². The Morgan fingerprint density at radius 1 is 1.17 bits per heavy atom. The van der Waals surface area contributed by atoms with Crippen molar-refractivity contribution in [3.8, 4) is 0 Å². The van der Waals surface area contributed by atoms with Gasteiger partial charge in [0, 0.05) is 14.1 Å². The Morgan fingerprint density at radius 2 is 1.72 bits per heavy atom. The minimum absolute atomic E-state index is 0.511. The second-order valence-electron chi connectivity index (χ2n) is 4.71. The van der Waals surface area contributed by atoms with Crippen LogP contribution < -0.4 is 0 Å². The molecule has 0 radical (unpaired) electrons. The summed E-state index contributed by atoms with van der Waals surface area (Å²) in [6.45, 7) is 0. The first-order chi connectivity index (χ1) is 8.43. The fourth-order valence-electron chi connectivity index (χ4n) is 2.39. The number of barbiturate groups is 1. The SMILES string of the molecule is CN1C(=O)C(C2=CC(O)CCC2)C(=O)N(C)C1=O. The smallest absolute Gasteiger partial charge is 0.332 e. The zero-order valence-corrected chi connectivity index (χ0v) is 10.4. The summed E-state index contributed by atoms with van der Waals surface area (Å²) in [5.41, 5.74) is 0.620. The lowest BCUT2D eigenvalue weighted by Crippen LogP contribution is -2.57. The summed E-state index contributed by atoms with van der Waals surface area (Å²) >= 11 is 0. The maximum absolute atomic E-state index is 12.0. The molecule has 1 saturated heterocycles. The highest BCUT2D eigenvalue weighted by Gasteiger charge is 2.44. The van der Waals surface area contributed by atoms with Gasteiger partial charge in [-0.05, 0) is 24.8 Å². The fraction of sp³-hybridized carbons (Fsp3) is 0.583. The molecule has 1 N–H and O–H groups in total. The first kappa shape index (κ1) is 12.8. The first-order valence-electron chi connectivity index (χ1n) is 5.91. The van der Waals surface area contributed by atoms with Gasteiger partial charge in [-0.2, -0.15) is 0 Å². The van der Waals surface area contributed by atoms with Gasteiger partial charge in [-0.25, -0.2) is 4.79 Å². The lowest BCUT2D eigenvalue weighted by Gasteiger charge is -2.35. The number of hydrogen-bond acceptors (Lipinski definition) is 4. The average Bonchev–Trinajstić information content (AvgIpc) is 2.34. The molecule has 1 fully saturated rings. The molecule has 1 unspecified atom stereocenters. The molecule has 2 aliphatic rings. The van der Waals surface area contributed by atoms with Crippen molar-refractivity contribution in [2.24, 2.45) is 5.92 Å². The van der Waals surface area contributed by atoms with Crippen LogP contribution in [0.25, 0.3) is 0 Å². The van der Waals surface area contributed by atoms with Crippen LogP contribution in [0.1, 0.15) is 19.3 Å². The van der Waals surface area contributed by atoms with Crippen LogP contribution in [0.5, 0.6) is 0 Å². The molecule has 6 heteroatoms. The van der Waals surface area contributed by atoms with Gasteiger partial charge in [0.2, 0.25) is 11.8 Å². The molecule has 0 aromatic rings. The van der Waals surface area contributed by atoms with Gasteiger partial charge in [-0.15, -0.1) is 0 Å². The first-order valence-corrected chi connectivity index (χ1v) is 5.91. The molecular formula is C12H16N2O4. The number of hydrogen-bond donors (Lipinski definition) is 1. The number of nitrogens with zero attached hydrogens (tertiary/aromatic N) is 2. The summed E-state index contributed by atoms with van der Waals surface area (Å²) in [6.07, 6.45) is 2.95. The number of carbonyl (C=O) groups is 3. The fourth-order valence-corrected chi connectivity index (χ4v) is 2.39. The number of urea groups is 1. The van der Waals surface area contributed by atoms with Crippen LogP contribution in [0.4, 0.5) is 4.79 Å². The summed E-state index contributed by atoms with van der Waals surface area (Å²) in [7, 11) is 2.72. The molecular weight excluding hydrogens is 236 g/mol. The van der Waals surface area contributed by atoms with Gasteiger partial charge in [0.15, 0.2) is 0 Å². The van der Waals surface area contributed by atoms with E-state index in [1.54, 1.807) is 6.08 Å². The molecule has 1 heterocycles. The van der Waals surface area contributed by atoms with Crippen LogP contribution in [0, 0.1) is 5.92 Å². The Balaban J connectivity index is 2.34. The molecule has 4 amide bonds. The van der Waals surface area contributed by atoms with E-state index in [9.17, 15) is 19.5 Å². The normalized spacial score (nSPS) is 26.7. The Hall–Kier alpha value is -1.69. The molecule has 2 rings (SSSR count). The van der Waals surface area contributed by atoms with E-state index in [0.717, 1.165) is 16.2 Å². The van der Waals surface area contributed by atoms with E-state index in [-0.39, 0.29) is 0 Å². The van der Waals surface area contributed by atoms with Crippen LogP contribution in [0.2, 0.25) is 0 Å². The molecule has 1 aliphatic carbocycles. The average molecular weight is 252 g/mol. The molecule has 0 saturated carbocycles. The molecule has 98 valence electrons. The molecule has 0 bridgehead atoms. The topological polar surface area (TPSA) is 77.9 Å². The van der Waals surface area contributed by atoms with E-state index in [2.05, 4.69) is 0 Å². The predicted molar refractivity (Wildman–Crippen MR) is 62.4 cm³/mol. The number of imide groups is 2. The van der Waals surface area contributed by atoms with E-state index in [0.29, 0.717) is 18.4 Å². The van der Waals surface area contributed by atoms with Gasteiger partial charge in [0.25, 0.3) is 0 Å². The second kappa shape index (κ2) is 4.53. The molecule has 0 aromatic heterocycles. The van der Waals surface area contributed by atoms with Crippen LogP contribution in [-0.2, 0) is 9.59 Å². The minimum atomic E-state index is -0.951. The van der Waals surface area contributed by atoms with Gasteiger partial charge in [0.05, 0.1) is 6.10 Å². The second-order valence-corrected chi connectivity index (χ2v) is 4.71. The summed E-state index contributed by atoms with van der Waals surface area (Å²) in [4.78, 5) is 37.5. The van der Waals surface area contributed by atoms with Crippen molar-refractivity contribution < 1.29 is 19.5 Å². The van der Waals surface area contributed by atoms with Gasteiger partial charge >= 0.3 is 6.03 Å². The van der Waals surface area contributed by atoms with Gasteiger partial charge < -0.3 is 5.11 Å². The molecule has 1 aliphatic heterocycles. The highest BCUT2D eigenvalue weighted by Crippen LogP contribution is 2.29. The van der Waals surface area contributed by atoms with Crippen molar-refractivity contribution >= 4 is 17.8 Å². The monoisotopic (exact) mass is 252 g/mol. The summed E-state index contributed by atoms with van der Waals surface area (Å²) in [5.74, 6) is -1.97. The largest absolute Gasteiger partial charge is 0.389 e. The maximum Gasteiger partial charge on any atom is 0.332 e.